The molecule has 0 saturated carbocycles. The lowest BCUT2D eigenvalue weighted by Gasteiger charge is -1.93. The van der Waals surface area contributed by atoms with Gasteiger partial charge in [0.25, 0.3) is 0 Å². The lowest BCUT2D eigenvalue weighted by molar-refractivity contribution is -0.515. The molecule has 76 valence electrons. The van der Waals surface area contributed by atoms with Crippen LogP contribution in [0, 0.1) is 0 Å². The van der Waals surface area contributed by atoms with Crippen molar-refractivity contribution in [1.29, 1.82) is 0 Å². The summed E-state index contributed by atoms with van der Waals surface area (Å²) >= 11 is 0. The summed E-state index contributed by atoms with van der Waals surface area (Å²) in [4.78, 5) is 8.89. The first kappa shape index (κ1) is 12.1. The molecule has 0 aromatic heterocycles. The van der Waals surface area contributed by atoms with Gasteiger partial charge in [0.15, 0.2) is 0 Å². The lowest BCUT2D eigenvalue weighted by atomic mass is 10.4. The van der Waals surface area contributed by atoms with Crippen molar-refractivity contribution in [3.05, 3.63) is 0 Å². The van der Waals surface area contributed by atoms with Crippen molar-refractivity contribution in [3.63, 3.8) is 0 Å². The van der Waals surface area contributed by atoms with E-state index in [4.69, 9.17) is 15.6 Å². The van der Waals surface area contributed by atoms with E-state index in [9.17, 15) is 0 Å². The van der Waals surface area contributed by atoms with Gasteiger partial charge in [0, 0.05) is 25.2 Å². The monoisotopic (exact) mass is 186 g/mol. The first-order valence-electron chi connectivity index (χ1n) is 4.62. The minimum Gasteiger partial charge on any atom is -0.550 e. The molecule has 0 bridgehead atoms. The van der Waals surface area contributed by atoms with E-state index in [-0.39, 0.29) is 0 Å². The Hall–Kier alpha value is -0.900. The number of carbonyl (C=O) groups excluding carboxylic acids is 1. The summed E-state index contributed by atoms with van der Waals surface area (Å²) < 4.78 is 2.37. The van der Waals surface area contributed by atoms with Crippen LogP contribution in [0.15, 0.2) is 0 Å². The molecule has 4 heteroatoms. The molecule has 1 aliphatic heterocycles. The fourth-order valence-corrected chi connectivity index (χ4v) is 1.16. The van der Waals surface area contributed by atoms with Gasteiger partial charge in [0.1, 0.15) is 19.3 Å². The molecule has 0 unspecified atom stereocenters. The maximum atomic E-state index is 8.89. The zero-order valence-corrected chi connectivity index (χ0v) is 8.16. The summed E-state index contributed by atoms with van der Waals surface area (Å²) in [6, 6.07) is 0. The average molecular weight is 186 g/mol. The second-order valence-corrected chi connectivity index (χ2v) is 2.99. The van der Waals surface area contributed by atoms with Gasteiger partial charge in [-0.15, -0.1) is 0 Å². The number of nitrogens with two attached hydrogens (primary N) is 1. The van der Waals surface area contributed by atoms with Crippen LogP contribution >= 0.6 is 0 Å². The Morgan fingerprint density at radius 2 is 2.31 bits per heavy atom. The second-order valence-electron chi connectivity index (χ2n) is 2.99. The van der Waals surface area contributed by atoms with Crippen LogP contribution in [0.4, 0.5) is 0 Å². The van der Waals surface area contributed by atoms with E-state index >= 15 is 0 Å². The van der Waals surface area contributed by atoms with Gasteiger partial charge in [-0.25, -0.2) is 4.58 Å². The fourth-order valence-electron chi connectivity index (χ4n) is 1.16. The number of hydrogen-bond donors (Lipinski definition) is 1. The van der Waals surface area contributed by atoms with E-state index in [1.165, 1.54) is 19.4 Å². The van der Waals surface area contributed by atoms with Crippen LogP contribution in [-0.2, 0) is 4.79 Å². The zero-order chi connectivity index (χ0) is 10.1. The van der Waals surface area contributed by atoms with Crippen LogP contribution in [0.1, 0.15) is 26.2 Å². The van der Waals surface area contributed by atoms with Gasteiger partial charge in [-0.2, -0.15) is 0 Å². The van der Waals surface area contributed by atoms with Crippen LogP contribution in [0.3, 0.4) is 0 Å². The first-order valence-corrected chi connectivity index (χ1v) is 4.62. The molecule has 0 aromatic carbocycles. The fraction of sp³-hybridized carbons (Fsp3) is 0.778. The first-order chi connectivity index (χ1) is 6.16. The van der Waals surface area contributed by atoms with Crippen LogP contribution in [0.5, 0.6) is 0 Å². The molecule has 13 heavy (non-hydrogen) atoms. The van der Waals surface area contributed by atoms with E-state index in [1.807, 2.05) is 0 Å². The van der Waals surface area contributed by atoms with E-state index in [0.29, 0.717) is 0 Å². The van der Waals surface area contributed by atoms with E-state index < -0.39 is 5.97 Å². The van der Waals surface area contributed by atoms with E-state index in [2.05, 4.69) is 10.8 Å². The molecule has 0 amide bonds. The standard InChI is InChI=1S/C7H15N2.C2H4O2/c8-4-3-7-9-5-1-2-6-9;1-2(3)4/h5H,1-4,6-8H2;1H3,(H,3,4)/q+1;/p-1. The van der Waals surface area contributed by atoms with Gasteiger partial charge in [0.05, 0.1) is 0 Å². The van der Waals surface area contributed by atoms with Gasteiger partial charge < -0.3 is 15.6 Å². The molecule has 0 radical (unpaired) electrons. The average Bonchev–Trinajstić information content (AvgIpc) is 2.51. The van der Waals surface area contributed by atoms with Gasteiger partial charge in [-0.1, -0.05) is 0 Å². The highest BCUT2D eigenvalue weighted by atomic mass is 16.4. The predicted octanol–water partition coefficient (Wildman–Crippen LogP) is -1.03. The molecule has 0 spiro atoms. The molecule has 1 aliphatic rings. The molecule has 1 heterocycles. The van der Waals surface area contributed by atoms with E-state index in [1.54, 1.807) is 0 Å². The van der Waals surface area contributed by atoms with Crippen molar-refractivity contribution >= 4 is 12.2 Å². The SMILES string of the molecule is CC(=O)[O-].NCCC[N+]1=CCCC1. The highest BCUT2D eigenvalue weighted by Crippen LogP contribution is 1.96. The Bertz CT molecular complexity index is 174. The number of aliphatic carboxylic acids is 1. The number of hydrogen-bond acceptors (Lipinski definition) is 3. The summed E-state index contributed by atoms with van der Waals surface area (Å²) in [5, 5.41) is 8.89. The molecular weight excluding hydrogens is 168 g/mol. The van der Waals surface area contributed by atoms with Crippen LogP contribution in [0.2, 0.25) is 0 Å². The third-order valence-corrected chi connectivity index (χ3v) is 1.69. The van der Waals surface area contributed by atoms with Crippen molar-refractivity contribution in [2.45, 2.75) is 26.2 Å². The molecule has 0 atom stereocenters. The molecule has 4 nitrogen and oxygen atoms in total. The minimum absolute atomic E-state index is 0.824. The Morgan fingerprint density at radius 3 is 2.69 bits per heavy atom. The van der Waals surface area contributed by atoms with Gasteiger partial charge in [-0.3, -0.25) is 0 Å². The number of carboxylic acid groups (broad SMARTS) is 1. The molecule has 2 N–H and O–H groups in total. The lowest BCUT2D eigenvalue weighted by Crippen LogP contribution is -2.16. The maximum absolute atomic E-state index is 8.89. The Kier molecular flexibility index (Phi) is 7.20. The Morgan fingerprint density at radius 1 is 1.69 bits per heavy atom. The third-order valence-electron chi connectivity index (χ3n) is 1.69. The minimum atomic E-state index is -1.08. The summed E-state index contributed by atoms with van der Waals surface area (Å²) in [5.41, 5.74) is 5.37. The highest BCUT2D eigenvalue weighted by molar-refractivity contribution is 5.60. The molecule has 0 fully saturated rings. The quantitative estimate of drug-likeness (QED) is 0.573. The topological polar surface area (TPSA) is 69.2 Å². The summed E-state index contributed by atoms with van der Waals surface area (Å²) in [7, 11) is 0. The maximum Gasteiger partial charge on any atom is 0.143 e. The number of carbonyl (C=O) groups is 1. The predicted molar refractivity (Wildman–Crippen MR) is 49.6 cm³/mol. The van der Waals surface area contributed by atoms with Crippen molar-refractivity contribution in [1.82, 2.24) is 0 Å². The normalized spacial score (nSPS) is 14.5. The van der Waals surface area contributed by atoms with E-state index in [0.717, 1.165) is 26.4 Å². The third kappa shape index (κ3) is 9.01. The van der Waals surface area contributed by atoms with Crippen LogP contribution < -0.4 is 10.8 Å². The van der Waals surface area contributed by atoms with Crippen molar-refractivity contribution in [2.75, 3.05) is 19.6 Å². The summed E-state index contributed by atoms with van der Waals surface area (Å²) in [6.45, 7) is 4.21. The van der Waals surface area contributed by atoms with Crippen LogP contribution in [0.25, 0.3) is 0 Å². The van der Waals surface area contributed by atoms with Gasteiger partial charge in [0.2, 0.25) is 0 Å². The number of nitrogens with zero attached hydrogens (tertiary/aromatic N) is 1. The largest absolute Gasteiger partial charge is 0.550 e. The molecule has 0 saturated heterocycles. The van der Waals surface area contributed by atoms with Crippen molar-refractivity contribution in [3.8, 4) is 0 Å². The Balaban J connectivity index is 0.000000310. The van der Waals surface area contributed by atoms with Crippen LogP contribution in [-0.4, -0.2) is 36.4 Å². The van der Waals surface area contributed by atoms with Crippen molar-refractivity contribution < 1.29 is 14.5 Å². The van der Waals surface area contributed by atoms with Crippen molar-refractivity contribution in [2.24, 2.45) is 5.73 Å². The number of rotatable bonds is 3. The molecule has 0 aromatic rings. The summed E-state index contributed by atoms with van der Waals surface area (Å²) in [6.07, 6.45) is 6.03. The molecular formula is C9H18N2O2. The smallest absolute Gasteiger partial charge is 0.143 e. The Labute approximate surface area is 79.1 Å². The highest BCUT2D eigenvalue weighted by Gasteiger charge is 2.08. The van der Waals surface area contributed by atoms with Gasteiger partial charge >= 0.3 is 0 Å². The number of carboxylic acids is 1. The van der Waals surface area contributed by atoms with Gasteiger partial charge in [-0.05, 0) is 13.5 Å². The summed E-state index contributed by atoms with van der Waals surface area (Å²) in [5.74, 6) is -1.08. The second kappa shape index (κ2) is 7.73. The zero-order valence-electron chi connectivity index (χ0n) is 8.16. The molecule has 0 aliphatic carbocycles. The molecule has 1 rings (SSSR count).